The van der Waals surface area contributed by atoms with E-state index in [0.29, 0.717) is 26.2 Å². The minimum absolute atomic E-state index is 0.0438. The number of rotatable bonds is 14. The van der Waals surface area contributed by atoms with Crippen molar-refractivity contribution in [2.75, 3.05) is 19.6 Å². The van der Waals surface area contributed by atoms with Crippen LogP contribution in [0.3, 0.4) is 0 Å². The largest absolute Gasteiger partial charge is 0.461 e. The van der Waals surface area contributed by atoms with E-state index < -0.39 is 6.10 Å². The lowest BCUT2D eigenvalue weighted by Crippen LogP contribution is -2.56. The zero-order chi connectivity index (χ0) is 28.5. The lowest BCUT2D eigenvalue weighted by Gasteiger charge is -2.37. The van der Waals surface area contributed by atoms with Crippen LogP contribution in [0.25, 0.3) is 0 Å². The lowest BCUT2D eigenvalue weighted by molar-refractivity contribution is -0.193. The summed E-state index contributed by atoms with van der Waals surface area (Å²) in [5.74, 6) is -0.973. The first-order chi connectivity index (χ1) is 18.8. The maximum atomic E-state index is 12.1. The molecule has 0 aliphatic carbocycles. The Balaban J connectivity index is 0.000000404. The number of amides is 2. The Morgan fingerprint density at radius 1 is 0.923 bits per heavy atom. The van der Waals surface area contributed by atoms with Gasteiger partial charge in [-0.05, 0) is 29.9 Å². The van der Waals surface area contributed by atoms with E-state index in [-0.39, 0.29) is 42.1 Å². The van der Waals surface area contributed by atoms with Crippen molar-refractivity contribution in [3.63, 3.8) is 0 Å². The molecule has 0 spiro atoms. The number of hydrogen-bond donors (Lipinski definition) is 3. The van der Waals surface area contributed by atoms with Crippen molar-refractivity contribution in [2.45, 2.75) is 59.3 Å². The van der Waals surface area contributed by atoms with E-state index in [4.69, 9.17) is 9.47 Å². The SMILES string of the molecule is CC(=O)OCc1ccccc1.CCC(C)C1C(=O)OC1C(=O)NCCCCNC(=O)CNCc1ccccc1. The van der Waals surface area contributed by atoms with Gasteiger partial charge in [-0.2, -0.15) is 0 Å². The molecule has 1 saturated heterocycles. The quantitative estimate of drug-likeness (QED) is 0.249. The van der Waals surface area contributed by atoms with Gasteiger partial charge in [0, 0.05) is 26.6 Å². The molecule has 0 bridgehead atoms. The minimum atomic E-state index is -0.655. The molecule has 212 valence electrons. The van der Waals surface area contributed by atoms with Crippen LogP contribution in [0.1, 0.15) is 51.2 Å². The van der Waals surface area contributed by atoms with Crippen molar-refractivity contribution in [2.24, 2.45) is 11.8 Å². The van der Waals surface area contributed by atoms with Crippen molar-refractivity contribution in [3.05, 3.63) is 71.8 Å². The highest BCUT2D eigenvalue weighted by molar-refractivity contribution is 5.94. The Labute approximate surface area is 231 Å². The molecule has 0 saturated carbocycles. The Bertz CT molecular complexity index is 1030. The average Bonchev–Trinajstić information content (AvgIpc) is 2.93. The highest BCUT2D eigenvalue weighted by Crippen LogP contribution is 2.31. The molecular formula is C30H41N3O6. The van der Waals surface area contributed by atoms with Crippen LogP contribution in [0, 0.1) is 11.8 Å². The van der Waals surface area contributed by atoms with Gasteiger partial charge in [-0.1, -0.05) is 80.9 Å². The molecule has 1 aliphatic heterocycles. The van der Waals surface area contributed by atoms with Crippen LogP contribution in [-0.2, 0) is 41.8 Å². The summed E-state index contributed by atoms with van der Waals surface area (Å²) >= 11 is 0. The fourth-order valence-electron chi connectivity index (χ4n) is 3.86. The Morgan fingerprint density at radius 3 is 2.08 bits per heavy atom. The molecule has 3 atom stereocenters. The van der Waals surface area contributed by atoms with Gasteiger partial charge in [0.05, 0.1) is 6.54 Å². The molecular weight excluding hydrogens is 498 g/mol. The highest BCUT2D eigenvalue weighted by atomic mass is 16.6. The van der Waals surface area contributed by atoms with Gasteiger partial charge >= 0.3 is 11.9 Å². The highest BCUT2D eigenvalue weighted by Gasteiger charge is 2.49. The Morgan fingerprint density at radius 2 is 1.51 bits per heavy atom. The number of nitrogens with one attached hydrogen (secondary N) is 3. The van der Waals surface area contributed by atoms with Crippen LogP contribution >= 0.6 is 0 Å². The molecule has 1 heterocycles. The number of benzene rings is 2. The summed E-state index contributed by atoms with van der Waals surface area (Å²) in [7, 11) is 0. The van der Waals surface area contributed by atoms with Gasteiger partial charge in [-0.3, -0.25) is 19.2 Å². The van der Waals surface area contributed by atoms with Crippen LogP contribution in [-0.4, -0.2) is 49.5 Å². The second kappa shape index (κ2) is 17.7. The third-order valence-electron chi connectivity index (χ3n) is 6.32. The third-order valence-corrected chi connectivity index (χ3v) is 6.32. The monoisotopic (exact) mass is 539 g/mol. The summed E-state index contributed by atoms with van der Waals surface area (Å²) in [5, 5.41) is 8.77. The number of esters is 2. The van der Waals surface area contributed by atoms with E-state index in [0.717, 1.165) is 30.4 Å². The summed E-state index contributed by atoms with van der Waals surface area (Å²) in [6, 6.07) is 19.5. The molecule has 3 N–H and O–H groups in total. The van der Waals surface area contributed by atoms with Gasteiger partial charge in [0.2, 0.25) is 5.91 Å². The average molecular weight is 540 g/mol. The molecule has 9 nitrogen and oxygen atoms in total. The second-order valence-electron chi connectivity index (χ2n) is 9.47. The number of ether oxygens (including phenoxy) is 2. The van der Waals surface area contributed by atoms with Gasteiger partial charge in [-0.15, -0.1) is 0 Å². The molecule has 1 aliphatic rings. The summed E-state index contributed by atoms with van der Waals surface area (Å²) in [6.07, 6.45) is 1.70. The third kappa shape index (κ3) is 12.1. The molecule has 0 radical (unpaired) electrons. The van der Waals surface area contributed by atoms with Gasteiger partial charge in [0.15, 0.2) is 6.10 Å². The molecule has 2 aromatic carbocycles. The van der Waals surface area contributed by atoms with Gasteiger partial charge < -0.3 is 25.4 Å². The van der Waals surface area contributed by atoms with Gasteiger partial charge in [-0.25, -0.2) is 0 Å². The van der Waals surface area contributed by atoms with Crippen molar-refractivity contribution in [1.82, 2.24) is 16.0 Å². The molecule has 3 rings (SSSR count). The van der Waals surface area contributed by atoms with Crippen molar-refractivity contribution < 1.29 is 28.7 Å². The molecule has 3 unspecified atom stereocenters. The molecule has 1 fully saturated rings. The number of carbonyl (C=O) groups excluding carboxylic acids is 4. The number of hydrogen-bond acceptors (Lipinski definition) is 7. The normalized spacial score (nSPS) is 16.4. The van der Waals surface area contributed by atoms with E-state index in [9.17, 15) is 19.2 Å². The summed E-state index contributed by atoms with van der Waals surface area (Å²) in [6.45, 7) is 7.73. The molecule has 9 heteroatoms. The molecule has 39 heavy (non-hydrogen) atoms. The van der Waals surface area contributed by atoms with Crippen molar-refractivity contribution >= 4 is 23.8 Å². The first kappa shape index (κ1) is 31.5. The van der Waals surface area contributed by atoms with E-state index in [1.165, 1.54) is 6.92 Å². The number of cyclic esters (lactones) is 1. The smallest absolute Gasteiger partial charge is 0.314 e. The zero-order valence-corrected chi connectivity index (χ0v) is 23.1. The van der Waals surface area contributed by atoms with Crippen molar-refractivity contribution in [3.8, 4) is 0 Å². The molecule has 2 aromatic rings. The van der Waals surface area contributed by atoms with E-state index in [2.05, 4.69) is 16.0 Å². The molecule has 0 aromatic heterocycles. The van der Waals surface area contributed by atoms with Gasteiger partial charge in [0.1, 0.15) is 12.5 Å². The first-order valence-electron chi connectivity index (χ1n) is 13.5. The van der Waals surface area contributed by atoms with Crippen LogP contribution in [0.15, 0.2) is 60.7 Å². The first-order valence-corrected chi connectivity index (χ1v) is 13.5. The van der Waals surface area contributed by atoms with Crippen LogP contribution in [0.2, 0.25) is 0 Å². The Kier molecular flexibility index (Phi) is 14.3. The van der Waals surface area contributed by atoms with Gasteiger partial charge in [0.25, 0.3) is 5.91 Å². The fraction of sp³-hybridized carbons (Fsp3) is 0.467. The maximum absolute atomic E-state index is 12.1. The summed E-state index contributed by atoms with van der Waals surface area (Å²) in [4.78, 5) is 45.8. The van der Waals surface area contributed by atoms with Crippen molar-refractivity contribution in [1.29, 1.82) is 0 Å². The van der Waals surface area contributed by atoms with E-state index in [1.807, 2.05) is 74.5 Å². The minimum Gasteiger partial charge on any atom is -0.461 e. The second-order valence-corrected chi connectivity index (χ2v) is 9.47. The number of carbonyl (C=O) groups is 4. The lowest BCUT2D eigenvalue weighted by atomic mass is 9.83. The van der Waals surface area contributed by atoms with Crippen LogP contribution < -0.4 is 16.0 Å². The summed E-state index contributed by atoms with van der Waals surface area (Å²) in [5.41, 5.74) is 2.15. The zero-order valence-electron chi connectivity index (χ0n) is 23.1. The predicted octanol–water partition coefficient (Wildman–Crippen LogP) is 3.13. The van der Waals surface area contributed by atoms with Crippen LogP contribution in [0.4, 0.5) is 0 Å². The predicted molar refractivity (Wildman–Crippen MR) is 148 cm³/mol. The fourth-order valence-corrected chi connectivity index (χ4v) is 3.86. The maximum Gasteiger partial charge on any atom is 0.314 e. The summed E-state index contributed by atoms with van der Waals surface area (Å²) < 4.78 is 9.79. The van der Waals surface area contributed by atoms with E-state index >= 15 is 0 Å². The number of unbranched alkanes of at least 4 members (excludes halogenated alkanes) is 1. The topological polar surface area (TPSA) is 123 Å². The van der Waals surface area contributed by atoms with Crippen LogP contribution in [0.5, 0.6) is 0 Å². The standard InChI is InChI=1S/C21H31N3O4.C9H10O2/c1-3-15(2)18-19(28-21(18)27)20(26)24-12-8-7-11-23-17(25)14-22-13-16-9-5-4-6-10-16;1-8(10)11-7-9-5-3-2-4-6-9/h4-6,9-10,15,18-19,22H,3,7-8,11-14H2,1-2H3,(H,23,25)(H,24,26);2-6H,7H2,1H3. The Hall–Kier alpha value is -3.72. The molecule has 2 amide bonds. The van der Waals surface area contributed by atoms with E-state index in [1.54, 1.807) is 0 Å².